The normalized spacial score (nSPS) is 13.1. The number of hydrogen-bond donors (Lipinski definition) is 2. The number of amides is 1. The van der Waals surface area contributed by atoms with Crippen molar-refractivity contribution in [2.75, 3.05) is 5.32 Å². The van der Waals surface area contributed by atoms with Crippen LogP contribution in [0, 0.1) is 13.8 Å². The molecule has 1 aromatic carbocycles. The minimum Gasteiger partial charge on any atom is -0.298 e. The van der Waals surface area contributed by atoms with Crippen molar-refractivity contribution in [1.82, 2.24) is 20.2 Å². The van der Waals surface area contributed by atoms with E-state index in [1.807, 2.05) is 13.8 Å². The Morgan fingerprint density at radius 3 is 2.93 bits per heavy atom. The molecule has 0 radical (unpaired) electrons. The Hall–Kier alpha value is -3.06. The van der Waals surface area contributed by atoms with E-state index in [4.69, 9.17) is 0 Å². The van der Waals surface area contributed by atoms with Crippen LogP contribution in [-0.4, -0.2) is 26.1 Å². The molecule has 0 spiro atoms. The maximum atomic E-state index is 12.7. The van der Waals surface area contributed by atoms with Crippen molar-refractivity contribution in [1.29, 1.82) is 0 Å². The maximum absolute atomic E-state index is 12.7. The number of rotatable bonds is 3. The second-order valence-electron chi connectivity index (χ2n) is 7.16. The van der Waals surface area contributed by atoms with Gasteiger partial charge in [0.1, 0.15) is 0 Å². The van der Waals surface area contributed by atoms with Crippen LogP contribution >= 0.6 is 11.3 Å². The number of aryl methyl sites for hydroxylation is 4. The minimum atomic E-state index is -0.218. The van der Waals surface area contributed by atoms with Crippen LogP contribution in [0.25, 0.3) is 22.3 Å². The van der Waals surface area contributed by atoms with Gasteiger partial charge in [-0.15, -0.1) is 11.3 Å². The van der Waals surface area contributed by atoms with Gasteiger partial charge in [-0.3, -0.25) is 15.2 Å². The van der Waals surface area contributed by atoms with E-state index < -0.39 is 0 Å². The molecule has 0 bridgehead atoms. The smallest absolute Gasteiger partial charge is 0.259 e. The second kappa shape index (κ2) is 6.53. The molecule has 3 heterocycles. The summed E-state index contributed by atoms with van der Waals surface area (Å²) < 4.78 is 0. The first-order valence-electron chi connectivity index (χ1n) is 9.30. The number of hydrogen-bond acceptors (Lipinski definition) is 5. The highest BCUT2D eigenvalue weighted by Gasteiger charge is 2.17. The zero-order chi connectivity index (χ0) is 19.3. The van der Waals surface area contributed by atoms with Gasteiger partial charge in [-0.1, -0.05) is 12.1 Å². The van der Waals surface area contributed by atoms with Gasteiger partial charge in [0.15, 0.2) is 10.8 Å². The van der Waals surface area contributed by atoms with Gasteiger partial charge in [0.25, 0.3) is 5.91 Å². The van der Waals surface area contributed by atoms with Crippen LogP contribution in [-0.2, 0) is 12.8 Å². The Balaban J connectivity index is 1.42. The lowest BCUT2D eigenvalue weighted by Gasteiger charge is -2.04. The molecular weight excluding hydrogens is 370 g/mol. The molecule has 140 valence electrons. The lowest BCUT2D eigenvalue weighted by Crippen LogP contribution is -2.12. The molecule has 6 nitrogen and oxygen atoms in total. The predicted molar refractivity (Wildman–Crippen MR) is 111 cm³/mol. The third-order valence-corrected chi connectivity index (χ3v) is 6.14. The highest BCUT2D eigenvalue weighted by molar-refractivity contribution is 7.16. The predicted octanol–water partition coefficient (Wildman–Crippen LogP) is 4.44. The summed E-state index contributed by atoms with van der Waals surface area (Å²) in [5.41, 5.74) is 6.91. The molecule has 0 saturated carbocycles. The lowest BCUT2D eigenvalue weighted by molar-refractivity contribution is 0.102. The van der Waals surface area contributed by atoms with Gasteiger partial charge in [-0.25, -0.2) is 9.97 Å². The van der Waals surface area contributed by atoms with Gasteiger partial charge in [0.05, 0.1) is 11.3 Å². The van der Waals surface area contributed by atoms with E-state index in [1.165, 1.54) is 35.3 Å². The minimum absolute atomic E-state index is 0.218. The van der Waals surface area contributed by atoms with Crippen LogP contribution in [0.3, 0.4) is 0 Å². The molecule has 28 heavy (non-hydrogen) atoms. The van der Waals surface area contributed by atoms with Crippen molar-refractivity contribution in [3.05, 3.63) is 57.7 Å². The summed E-state index contributed by atoms with van der Waals surface area (Å²) in [5, 5.41) is 11.3. The fourth-order valence-corrected chi connectivity index (χ4v) is 4.58. The molecule has 1 aliphatic carbocycles. The Morgan fingerprint density at radius 1 is 1.18 bits per heavy atom. The van der Waals surface area contributed by atoms with Gasteiger partial charge in [-0.05, 0) is 56.4 Å². The first-order chi connectivity index (χ1) is 13.6. The number of H-pyrrole nitrogens is 1. The van der Waals surface area contributed by atoms with E-state index in [-0.39, 0.29) is 5.91 Å². The number of benzene rings is 1. The van der Waals surface area contributed by atoms with Crippen molar-refractivity contribution < 1.29 is 4.79 Å². The highest BCUT2D eigenvalue weighted by atomic mass is 32.1. The number of carbonyl (C=O) groups excluding carboxylic acids is 1. The first-order valence-corrected chi connectivity index (χ1v) is 10.1. The molecule has 5 rings (SSSR count). The third-order valence-electron chi connectivity index (χ3n) is 5.25. The number of nitrogens with one attached hydrogen (secondary N) is 2. The number of anilines is 1. The highest BCUT2D eigenvalue weighted by Crippen LogP contribution is 2.33. The average molecular weight is 389 g/mol. The zero-order valence-corrected chi connectivity index (χ0v) is 16.5. The summed E-state index contributed by atoms with van der Waals surface area (Å²) in [4.78, 5) is 22.7. The topological polar surface area (TPSA) is 83.6 Å². The van der Waals surface area contributed by atoms with Gasteiger partial charge in [-0.2, -0.15) is 5.10 Å². The summed E-state index contributed by atoms with van der Waals surface area (Å²) in [6.45, 7) is 3.95. The molecule has 0 saturated heterocycles. The molecular formula is C21H19N5OS. The largest absolute Gasteiger partial charge is 0.298 e. The summed E-state index contributed by atoms with van der Waals surface area (Å²) in [5.74, 6) is -0.218. The van der Waals surface area contributed by atoms with Gasteiger partial charge >= 0.3 is 0 Å². The van der Waals surface area contributed by atoms with Crippen LogP contribution in [0.2, 0.25) is 0 Å². The lowest BCUT2D eigenvalue weighted by atomic mass is 10.0. The zero-order valence-electron chi connectivity index (χ0n) is 15.7. The fraction of sp³-hybridized carbons (Fsp3) is 0.238. The van der Waals surface area contributed by atoms with Crippen molar-refractivity contribution in [3.63, 3.8) is 0 Å². The molecule has 3 aromatic heterocycles. The molecule has 0 atom stereocenters. The van der Waals surface area contributed by atoms with Crippen molar-refractivity contribution >= 4 is 33.4 Å². The quantitative estimate of drug-likeness (QED) is 0.543. The van der Waals surface area contributed by atoms with Gasteiger partial charge < -0.3 is 0 Å². The molecule has 1 amide bonds. The number of aromatic amines is 1. The molecule has 0 fully saturated rings. The molecule has 4 aromatic rings. The number of nitrogens with zero attached hydrogens (tertiary/aromatic N) is 3. The van der Waals surface area contributed by atoms with E-state index in [1.54, 1.807) is 12.3 Å². The Kier molecular flexibility index (Phi) is 3.98. The van der Waals surface area contributed by atoms with Crippen molar-refractivity contribution in [3.8, 4) is 11.3 Å². The number of carbonyl (C=O) groups is 1. The second-order valence-corrected chi connectivity index (χ2v) is 8.36. The van der Waals surface area contributed by atoms with Crippen molar-refractivity contribution in [2.24, 2.45) is 0 Å². The number of fused-ring (bicyclic) bond motifs is 2. The van der Waals surface area contributed by atoms with Crippen LogP contribution in [0.15, 0.2) is 30.5 Å². The Bertz CT molecular complexity index is 1220. The standard InChI is InChI=1S/C21H19N5OS/c1-11-17-9-16(10-22-19(17)26-25-11)20(27)24-21-23-18(12(2)28-21)15-7-6-13-4-3-5-14(13)8-15/h6-10H,3-5H2,1-2H3,(H,22,25,26)(H,23,24,27). The van der Waals surface area contributed by atoms with E-state index in [0.717, 1.165) is 33.6 Å². The van der Waals surface area contributed by atoms with E-state index in [2.05, 4.69) is 43.7 Å². The number of pyridine rings is 1. The van der Waals surface area contributed by atoms with Crippen LogP contribution in [0.4, 0.5) is 5.13 Å². The first kappa shape index (κ1) is 17.1. The van der Waals surface area contributed by atoms with Crippen molar-refractivity contribution in [2.45, 2.75) is 33.1 Å². The number of thiazole rings is 1. The fourth-order valence-electron chi connectivity index (χ4n) is 3.75. The molecule has 0 unspecified atom stereocenters. The average Bonchev–Trinajstić information content (AvgIpc) is 3.40. The maximum Gasteiger partial charge on any atom is 0.259 e. The number of aromatic nitrogens is 4. The summed E-state index contributed by atoms with van der Waals surface area (Å²) in [6, 6.07) is 8.40. The van der Waals surface area contributed by atoms with Gasteiger partial charge in [0, 0.05) is 27.7 Å². The van der Waals surface area contributed by atoms with Crippen LogP contribution in [0.5, 0.6) is 0 Å². The molecule has 2 N–H and O–H groups in total. The van der Waals surface area contributed by atoms with E-state index in [9.17, 15) is 4.79 Å². The summed E-state index contributed by atoms with van der Waals surface area (Å²) in [7, 11) is 0. The molecule has 7 heteroatoms. The molecule has 0 aliphatic heterocycles. The summed E-state index contributed by atoms with van der Waals surface area (Å²) in [6.07, 6.45) is 5.07. The van der Waals surface area contributed by atoms with Crippen LogP contribution in [0.1, 0.15) is 38.5 Å². The van der Waals surface area contributed by atoms with E-state index >= 15 is 0 Å². The van der Waals surface area contributed by atoms with Crippen LogP contribution < -0.4 is 5.32 Å². The Morgan fingerprint density at radius 2 is 2.04 bits per heavy atom. The monoisotopic (exact) mass is 389 g/mol. The SMILES string of the molecule is Cc1sc(NC(=O)c2cnc3n[nH]c(C)c3c2)nc1-c1ccc2c(c1)CCC2. The third kappa shape index (κ3) is 2.88. The van der Waals surface area contributed by atoms with E-state index in [0.29, 0.717) is 16.3 Å². The Labute approximate surface area is 166 Å². The van der Waals surface area contributed by atoms with Gasteiger partial charge in [0.2, 0.25) is 0 Å². The summed E-state index contributed by atoms with van der Waals surface area (Å²) >= 11 is 1.49. The molecule has 1 aliphatic rings.